The number of carbonyl (C=O) groups is 1. The second-order valence-electron chi connectivity index (χ2n) is 6.52. The van der Waals surface area contributed by atoms with Crippen LogP contribution in [0.5, 0.6) is 0 Å². The van der Waals surface area contributed by atoms with Gasteiger partial charge in [0.05, 0.1) is 5.69 Å². The van der Waals surface area contributed by atoms with Crippen LogP contribution in [0, 0.1) is 5.82 Å². The summed E-state index contributed by atoms with van der Waals surface area (Å²) in [5, 5.41) is 2.67. The highest BCUT2D eigenvalue weighted by Gasteiger charge is 2.24. The molecule has 138 valence electrons. The monoisotopic (exact) mass is 355 g/mol. The predicted octanol–water partition coefficient (Wildman–Crippen LogP) is 4.30. The van der Waals surface area contributed by atoms with Gasteiger partial charge >= 0.3 is 6.03 Å². The third-order valence-corrected chi connectivity index (χ3v) is 4.96. The molecule has 0 aliphatic carbocycles. The van der Waals surface area contributed by atoms with Gasteiger partial charge in [0.1, 0.15) is 5.82 Å². The Hall–Kier alpha value is -2.56. The van der Waals surface area contributed by atoms with E-state index in [1.807, 2.05) is 0 Å². The van der Waals surface area contributed by atoms with Crippen molar-refractivity contribution in [2.45, 2.75) is 26.7 Å². The van der Waals surface area contributed by atoms with E-state index < -0.39 is 5.82 Å². The van der Waals surface area contributed by atoms with E-state index in [1.54, 1.807) is 23.1 Å². The maximum atomic E-state index is 13.7. The van der Waals surface area contributed by atoms with Crippen molar-refractivity contribution in [2.75, 3.05) is 36.4 Å². The number of benzene rings is 2. The summed E-state index contributed by atoms with van der Waals surface area (Å²) in [5.74, 6) is -0.413. The Kier molecular flexibility index (Phi) is 5.76. The summed E-state index contributed by atoms with van der Waals surface area (Å²) in [6.07, 6.45) is 1.99. The van der Waals surface area contributed by atoms with Crippen LogP contribution in [-0.4, -0.2) is 37.1 Å². The van der Waals surface area contributed by atoms with E-state index in [9.17, 15) is 9.18 Å². The summed E-state index contributed by atoms with van der Waals surface area (Å²) in [5.41, 5.74) is 4.26. The smallest absolute Gasteiger partial charge is 0.322 e. The van der Waals surface area contributed by atoms with E-state index in [2.05, 4.69) is 42.3 Å². The first-order valence-electron chi connectivity index (χ1n) is 9.30. The van der Waals surface area contributed by atoms with Gasteiger partial charge in [0.2, 0.25) is 0 Å². The number of amides is 2. The Labute approximate surface area is 154 Å². The molecule has 2 aromatic carbocycles. The van der Waals surface area contributed by atoms with Crippen molar-refractivity contribution in [3.63, 3.8) is 0 Å². The van der Waals surface area contributed by atoms with Gasteiger partial charge in [-0.25, -0.2) is 9.18 Å². The third-order valence-electron chi connectivity index (χ3n) is 4.96. The molecule has 4 nitrogen and oxygen atoms in total. The highest BCUT2D eigenvalue weighted by Crippen LogP contribution is 2.28. The van der Waals surface area contributed by atoms with Crippen LogP contribution in [0.25, 0.3) is 0 Å². The average molecular weight is 355 g/mol. The van der Waals surface area contributed by atoms with Gasteiger partial charge < -0.3 is 15.1 Å². The van der Waals surface area contributed by atoms with Crippen LogP contribution in [0.15, 0.2) is 42.5 Å². The van der Waals surface area contributed by atoms with E-state index in [-0.39, 0.29) is 11.7 Å². The van der Waals surface area contributed by atoms with Crippen molar-refractivity contribution in [1.29, 1.82) is 0 Å². The first-order valence-corrected chi connectivity index (χ1v) is 9.30. The van der Waals surface area contributed by atoms with E-state index in [0.29, 0.717) is 13.1 Å². The zero-order valence-electron chi connectivity index (χ0n) is 15.5. The molecule has 1 aliphatic rings. The van der Waals surface area contributed by atoms with Gasteiger partial charge in [-0.15, -0.1) is 0 Å². The second kappa shape index (κ2) is 8.21. The molecule has 0 radical (unpaired) electrons. The molecule has 1 heterocycles. The molecule has 0 atom stereocenters. The molecular formula is C21H26FN3O. The first-order chi connectivity index (χ1) is 12.6. The molecule has 0 aromatic heterocycles. The quantitative estimate of drug-likeness (QED) is 0.887. The number of nitrogens with one attached hydrogen (secondary N) is 1. The van der Waals surface area contributed by atoms with Gasteiger partial charge in [0.25, 0.3) is 0 Å². The highest BCUT2D eigenvalue weighted by atomic mass is 19.1. The lowest BCUT2D eigenvalue weighted by Gasteiger charge is -2.38. The number of urea groups is 1. The van der Waals surface area contributed by atoms with Crippen LogP contribution < -0.4 is 10.2 Å². The fourth-order valence-electron chi connectivity index (χ4n) is 3.51. The van der Waals surface area contributed by atoms with E-state index in [1.165, 1.54) is 22.9 Å². The fraction of sp³-hybridized carbons (Fsp3) is 0.381. The molecule has 1 aliphatic heterocycles. The largest absolute Gasteiger partial charge is 0.368 e. The molecule has 0 bridgehead atoms. The third kappa shape index (κ3) is 3.82. The summed E-state index contributed by atoms with van der Waals surface area (Å²) in [6, 6.07) is 12.5. The molecule has 5 heteroatoms. The average Bonchev–Trinajstić information content (AvgIpc) is 2.69. The van der Waals surface area contributed by atoms with E-state index in [0.717, 1.165) is 25.9 Å². The van der Waals surface area contributed by atoms with Crippen molar-refractivity contribution < 1.29 is 9.18 Å². The minimum atomic E-state index is -0.413. The van der Waals surface area contributed by atoms with Gasteiger partial charge in [-0.1, -0.05) is 44.2 Å². The van der Waals surface area contributed by atoms with Crippen molar-refractivity contribution >= 4 is 17.4 Å². The lowest BCUT2D eigenvalue weighted by molar-refractivity contribution is 0.208. The molecular weight excluding hydrogens is 329 g/mol. The van der Waals surface area contributed by atoms with E-state index >= 15 is 0 Å². The SMILES string of the molecule is CCc1cccc(CC)c1N1CCN(C(=O)Nc2ccccc2F)CC1. The number of hydrogen-bond acceptors (Lipinski definition) is 2. The van der Waals surface area contributed by atoms with Crippen LogP contribution >= 0.6 is 0 Å². The Balaban J connectivity index is 1.66. The number of anilines is 2. The van der Waals surface area contributed by atoms with Crippen LogP contribution in [0.3, 0.4) is 0 Å². The molecule has 0 unspecified atom stereocenters. The lowest BCUT2D eigenvalue weighted by Crippen LogP contribution is -2.50. The van der Waals surface area contributed by atoms with Crippen LogP contribution in [0.4, 0.5) is 20.6 Å². The molecule has 0 spiro atoms. The molecule has 1 fully saturated rings. The van der Waals surface area contributed by atoms with Crippen molar-refractivity contribution in [1.82, 2.24) is 4.90 Å². The predicted molar refractivity (Wildman–Crippen MR) is 104 cm³/mol. The Morgan fingerprint density at radius 1 is 0.962 bits per heavy atom. The number of piperazine rings is 1. The number of halogens is 1. The Morgan fingerprint density at radius 3 is 2.15 bits per heavy atom. The highest BCUT2D eigenvalue weighted by molar-refractivity contribution is 5.89. The molecule has 1 saturated heterocycles. The van der Waals surface area contributed by atoms with Crippen LogP contribution in [-0.2, 0) is 12.8 Å². The molecule has 2 amide bonds. The standard InChI is InChI=1S/C21H26FN3O/c1-3-16-8-7-9-17(4-2)20(16)24-12-14-25(15-13-24)21(26)23-19-11-6-5-10-18(19)22/h5-11H,3-4,12-15H2,1-2H3,(H,23,26). The maximum Gasteiger partial charge on any atom is 0.322 e. The van der Waals surface area contributed by atoms with Gasteiger partial charge in [-0.2, -0.15) is 0 Å². The fourth-order valence-corrected chi connectivity index (χ4v) is 3.51. The number of aryl methyl sites for hydroxylation is 2. The zero-order valence-corrected chi connectivity index (χ0v) is 15.5. The minimum Gasteiger partial charge on any atom is -0.368 e. The summed E-state index contributed by atoms with van der Waals surface area (Å²) in [4.78, 5) is 16.6. The van der Waals surface area contributed by atoms with E-state index in [4.69, 9.17) is 0 Å². The summed E-state index contributed by atoms with van der Waals surface area (Å²) >= 11 is 0. The van der Waals surface area contributed by atoms with Gasteiger partial charge in [-0.3, -0.25) is 0 Å². The second-order valence-corrected chi connectivity index (χ2v) is 6.52. The molecule has 2 aromatic rings. The zero-order chi connectivity index (χ0) is 18.5. The molecule has 0 saturated carbocycles. The lowest BCUT2D eigenvalue weighted by atomic mass is 10.0. The Bertz CT molecular complexity index is 747. The number of hydrogen-bond donors (Lipinski definition) is 1. The number of para-hydroxylation sites is 2. The minimum absolute atomic E-state index is 0.226. The normalized spacial score (nSPS) is 14.4. The van der Waals surface area contributed by atoms with Gasteiger partial charge in [0, 0.05) is 31.9 Å². The topological polar surface area (TPSA) is 35.6 Å². The van der Waals surface area contributed by atoms with Crippen LogP contribution in [0.2, 0.25) is 0 Å². The molecule has 26 heavy (non-hydrogen) atoms. The van der Waals surface area contributed by atoms with Crippen molar-refractivity contribution in [3.05, 3.63) is 59.4 Å². The first kappa shape index (κ1) is 18.2. The molecule has 1 N–H and O–H groups in total. The molecule has 3 rings (SSSR count). The van der Waals surface area contributed by atoms with Gasteiger partial charge in [0.15, 0.2) is 0 Å². The van der Waals surface area contributed by atoms with Crippen LogP contribution in [0.1, 0.15) is 25.0 Å². The summed E-state index contributed by atoms with van der Waals surface area (Å²) < 4.78 is 13.7. The number of carbonyl (C=O) groups excluding carboxylic acids is 1. The summed E-state index contributed by atoms with van der Waals surface area (Å²) in [7, 11) is 0. The maximum absolute atomic E-state index is 13.7. The van der Waals surface area contributed by atoms with Crippen molar-refractivity contribution in [2.24, 2.45) is 0 Å². The Morgan fingerprint density at radius 2 is 1.58 bits per heavy atom. The van der Waals surface area contributed by atoms with Gasteiger partial charge in [-0.05, 0) is 36.1 Å². The number of nitrogens with zero attached hydrogens (tertiary/aromatic N) is 2. The number of rotatable bonds is 4. The van der Waals surface area contributed by atoms with Crippen molar-refractivity contribution in [3.8, 4) is 0 Å². The summed E-state index contributed by atoms with van der Waals surface area (Å²) in [6.45, 7) is 7.18.